The van der Waals surface area contributed by atoms with E-state index in [0.29, 0.717) is 10.0 Å². The number of anilines is 1. The molecule has 1 aromatic heterocycles. The molecule has 1 aromatic carbocycles. The van der Waals surface area contributed by atoms with Gasteiger partial charge in [-0.25, -0.2) is 4.98 Å². The van der Waals surface area contributed by atoms with E-state index in [0.717, 1.165) is 28.7 Å². The molecule has 0 radical (unpaired) electrons. The van der Waals surface area contributed by atoms with Crippen LogP contribution in [0.15, 0.2) is 40.5 Å². The quantitative estimate of drug-likeness (QED) is 0.863. The van der Waals surface area contributed by atoms with Crippen molar-refractivity contribution >= 4 is 40.8 Å². The van der Waals surface area contributed by atoms with Gasteiger partial charge in [-0.1, -0.05) is 41.9 Å². The van der Waals surface area contributed by atoms with Gasteiger partial charge in [0.05, 0.1) is 22.4 Å². The van der Waals surface area contributed by atoms with E-state index < -0.39 is 0 Å². The maximum absolute atomic E-state index is 5.99. The van der Waals surface area contributed by atoms with E-state index in [-0.39, 0.29) is 0 Å². The van der Waals surface area contributed by atoms with Crippen molar-refractivity contribution in [2.24, 2.45) is 0 Å². The van der Waals surface area contributed by atoms with Gasteiger partial charge < -0.3 is 5.32 Å². The Morgan fingerprint density at radius 3 is 2.79 bits per heavy atom. The first-order chi connectivity index (χ1) is 9.19. The fraction of sp³-hybridized carbons (Fsp3) is 0.231. The van der Waals surface area contributed by atoms with Gasteiger partial charge in [-0.3, -0.25) is 4.98 Å². The summed E-state index contributed by atoms with van der Waals surface area (Å²) in [6.07, 6.45) is 4.49. The van der Waals surface area contributed by atoms with Gasteiger partial charge in [-0.15, -0.1) is 0 Å². The van der Waals surface area contributed by atoms with E-state index >= 15 is 0 Å². The maximum atomic E-state index is 5.99. The van der Waals surface area contributed by atoms with Crippen molar-refractivity contribution in [3.8, 4) is 0 Å². The number of halogens is 2. The summed E-state index contributed by atoms with van der Waals surface area (Å²) < 4.78 is 0. The Morgan fingerprint density at radius 2 is 2.05 bits per heavy atom. The largest absolute Gasteiger partial charge is 0.369 e. The second-order valence-corrected chi connectivity index (χ2v) is 5.76. The third kappa shape index (κ3) is 4.27. The summed E-state index contributed by atoms with van der Waals surface area (Å²) in [7, 11) is 0. The van der Waals surface area contributed by atoms with Gasteiger partial charge in [0.15, 0.2) is 0 Å². The van der Waals surface area contributed by atoms with Gasteiger partial charge in [0.2, 0.25) is 0 Å². The SMILES string of the molecule is CCCNc1cncc(Sc2ccc(Cl)c(Cl)c2)n1. The summed E-state index contributed by atoms with van der Waals surface area (Å²) in [5, 5.41) is 5.12. The number of hydrogen-bond acceptors (Lipinski definition) is 4. The molecule has 0 aliphatic rings. The molecule has 0 fully saturated rings. The van der Waals surface area contributed by atoms with Crippen LogP contribution in [0.1, 0.15) is 13.3 Å². The molecule has 0 aliphatic carbocycles. The third-order valence-corrected chi connectivity index (χ3v) is 3.92. The average Bonchev–Trinajstić information content (AvgIpc) is 2.41. The van der Waals surface area contributed by atoms with Crippen LogP contribution < -0.4 is 5.32 Å². The van der Waals surface area contributed by atoms with Crippen LogP contribution in [0.5, 0.6) is 0 Å². The number of hydrogen-bond donors (Lipinski definition) is 1. The molecule has 0 spiro atoms. The van der Waals surface area contributed by atoms with E-state index in [1.807, 2.05) is 12.1 Å². The molecule has 100 valence electrons. The van der Waals surface area contributed by atoms with Crippen LogP contribution in [0, 0.1) is 0 Å². The van der Waals surface area contributed by atoms with E-state index in [9.17, 15) is 0 Å². The first kappa shape index (κ1) is 14.4. The summed E-state index contributed by atoms with van der Waals surface area (Å²) in [6, 6.07) is 5.51. The number of nitrogens with one attached hydrogen (secondary N) is 1. The number of aromatic nitrogens is 2. The van der Waals surface area contributed by atoms with E-state index in [2.05, 4.69) is 22.2 Å². The van der Waals surface area contributed by atoms with Crippen LogP contribution in [0.2, 0.25) is 10.0 Å². The number of benzene rings is 1. The fourth-order valence-electron chi connectivity index (χ4n) is 1.40. The molecule has 0 amide bonds. The zero-order chi connectivity index (χ0) is 13.7. The van der Waals surface area contributed by atoms with Crippen molar-refractivity contribution < 1.29 is 0 Å². The lowest BCUT2D eigenvalue weighted by Gasteiger charge is -2.06. The Kier molecular flexibility index (Phi) is 5.31. The molecule has 0 saturated carbocycles. The van der Waals surface area contributed by atoms with Crippen molar-refractivity contribution in [1.29, 1.82) is 0 Å². The Labute approximate surface area is 126 Å². The van der Waals surface area contributed by atoms with E-state index in [1.165, 1.54) is 11.8 Å². The molecule has 19 heavy (non-hydrogen) atoms. The molecule has 3 nitrogen and oxygen atoms in total. The van der Waals surface area contributed by atoms with Gasteiger partial charge in [0, 0.05) is 11.4 Å². The highest BCUT2D eigenvalue weighted by molar-refractivity contribution is 7.99. The first-order valence-electron chi connectivity index (χ1n) is 5.88. The van der Waals surface area contributed by atoms with Gasteiger partial charge in [-0.05, 0) is 24.6 Å². The average molecular weight is 314 g/mol. The van der Waals surface area contributed by atoms with Crippen molar-refractivity contribution in [1.82, 2.24) is 9.97 Å². The molecular formula is C13H13Cl2N3S. The molecule has 1 N–H and O–H groups in total. The van der Waals surface area contributed by atoms with Gasteiger partial charge in [0.25, 0.3) is 0 Å². The normalized spacial score (nSPS) is 10.5. The molecule has 0 bridgehead atoms. The zero-order valence-electron chi connectivity index (χ0n) is 10.4. The van der Waals surface area contributed by atoms with Crippen LogP contribution in [0.25, 0.3) is 0 Å². The summed E-state index contributed by atoms with van der Waals surface area (Å²) in [5.41, 5.74) is 0. The third-order valence-electron chi connectivity index (χ3n) is 2.28. The molecule has 2 aromatic rings. The lowest BCUT2D eigenvalue weighted by atomic mass is 10.4. The van der Waals surface area contributed by atoms with E-state index in [1.54, 1.807) is 18.5 Å². The Balaban J connectivity index is 2.11. The van der Waals surface area contributed by atoms with E-state index in [4.69, 9.17) is 23.2 Å². The predicted octanol–water partition coefficient (Wildman–Crippen LogP) is 4.76. The molecule has 0 unspecified atom stereocenters. The minimum Gasteiger partial charge on any atom is -0.369 e. The van der Waals surface area contributed by atoms with Crippen molar-refractivity contribution in [2.45, 2.75) is 23.3 Å². The number of rotatable bonds is 5. The van der Waals surface area contributed by atoms with Gasteiger partial charge in [-0.2, -0.15) is 0 Å². The number of nitrogens with zero attached hydrogens (tertiary/aromatic N) is 2. The zero-order valence-corrected chi connectivity index (χ0v) is 12.7. The summed E-state index contributed by atoms with van der Waals surface area (Å²) in [4.78, 5) is 9.62. The fourth-order valence-corrected chi connectivity index (χ4v) is 2.57. The Bertz CT molecular complexity index is 563. The standard InChI is InChI=1S/C13H13Cl2N3S/c1-2-5-17-12-7-16-8-13(18-12)19-9-3-4-10(14)11(15)6-9/h3-4,6-8H,2,5H2,1H3,(H,17,18). The van der Waals surface area contributed by atoms with Crippen LogP contribution in [-0.2, 0) is 0 Å². The van der Waals surface area contributed by atoms with Crippen LogP contribution in [0.4, 0.5) is 5.82 Å². The first-order valence-corrected chi connectivity index (χ1v) is 7.45. The molecular weight excluding hydrogens is 301 g/mol. The molecule has 1 heterocycles. The van der Waals surface area contributed by atoms with Gasteiger partial charge >= 0.3 is 0 Å². The summed E-state index contributed by atoms with van der Waals surface area (Å²) in [5.74, 6) is 0.784. The molecule has 6 heteroatoms. The highest BCUT2D eigenvalue weighted by atomic mass is 35.5. The Morgan fingerprint density at radius 1 is 1.21 bits per heavy atom. The summed E-state index contributed by atoms with van der Waals surface area (Å²) in [6.45, 7) is 2.99. The highest BCUT2D eigenvalue weighted by Crippen LogP contribution is 2.31. The molecule has 0 atom stereocenters. The second-order valence-electron chi connectivity index (χ2n) is 3.85. The van der Waals surface area contributed by atoms with Crippen LogP contribution in [0.3, 0.4) is 0 Å². The predicted molar refractivity (Wildman–Crippen MR) is 81.4 cm³/mol. The summed E-state index contributed by atoms with van der Waals surface area (Å²) >= 11 is 13.4. The monoisotopic (exact) mass is 313 g/mol. The van der Waals surface area contributed by atoms with Gasteiger partial charge in [0.1, 0.15) is 10.8 Å². The molecule has 0 aliphatic heterocycles. The topological polar surface area (TPSA) is 37.8 Å². The van der Waals surface area contributed by atoms with Crippen molar-refractivity contribution in [3.05, 3.63) is 40.6 Å². The lowest BCUT2D eigenvalue weighted by molar-refractivity contribution is 0.948. The minimum absolute atomic E-state index is 0.542. The lowest BCUT2D eigenvalue weighted by Crippen LogP contribution is -2.02. The molecule has 0 saturated heterocycles. The highest BCUT2D eigenvalue weighted by Gasteiger charge is 2.04. The Hall–Kier alpha value is -0.970. The smallest absolute Gasteiger partial charge is 0.145 e. The van der Waals surface area contributed by atoms with Crippen molar-refractivity contribution in [2.75, 3.05) is 11.9 Å². The molecule has 2 rings (SSSR count). The van der Waals surface area contributed by atoms with Crippen LogP contribution >= 0.6 is 35.0 Å². The second kappa shape index (κ2) is 6.98. The van der Waals surface area contributed by atoms with Crippen LogP contribution in [-0.4, -0.2) is 16.5 Å². The van der Waals surface area contributed by atoms with Crippen molar-refractivity contribution in [3.63, 3.8) is 0 Å². The maximum Gasteiger partial charge on any atom is 0.145 e. The minimum atomic E-state index is 0.542.